The molecule has 2 aliphatic carbocycles. The number of carbonyl (C=O) groups excluding carboxylic acids is 1. The van der Waals surface area contributed by atoms with Crippen molar-refractivity contribution in [2.75, 3.05) is 32.5 Å². The number of fused-ring (bicyclic) bond motifs is 5. The third-order valence-electron chi connectivity index (χ3n) is 9.15. The number of nitrogens with zero attached hydrogens (tertiary/aromatic N) is 5. The zero-order valence-electron chi connectivity index (χ0n) is 23.5. The summed E-state index contributed by atoms with van der Waals surface area (Å²) in [6.07, 6.45) is 10.2. The Morgan fingerprint density at radius 3 is 2.68 bits per heavy atom. The van der Waals surface area contributed by atoms with Gasteiger partial charge >= 0.3 is 6.03 Å². The van der Waals surface area contributed by atoms with Gasteiger partial charge in [-0.05, 0) is 50.0 Å². The number of pyridine rings is 1. The summed E-state index contributed by atoms with van der Waals surface area (Å²) < 4.78 is 6.95. The molecule has 2 bridgehead atoms. The number of nitrogen functional groups attached to an aromatic ring is 1. The Kier molecular flexibility index (Phi) is 6.82. The molecule has 3 aromatic heterocycles. The van der Waals surface area contributed by atoms with Gasteiger partial charge in [0, 0.05) is 60.6 Å². The topological polar surface area (TPSA) is 111 Å². The standard InChI is InChI=1S/C32H37N7O2/c1-41-15-14-34-32(40)38-19-23-8-5-9-24(38)16-25(23)29-28(21-10-11-21)30(33)39-31(37-29)26(18-36-39)22-12-13-27(35-17-22)20-6-3-2-4-7-20/h2-4,6-7,12-13,17-18,21,23-25H,5,8-11,14-16,19,33H2,1H3,(H,34,40). The summed E-state index contributed by atoms with van der Waals surface area (Å²) in [7, 11) is 1.65. The number of amides is 2. The fourth-order valence-electron chi connectivity index (χ4n) is 6.92. The lowest BCUT2D eigenvalue weighted by atomic mass is 9.78. The molecule has 3 N–H and O–H groups in total. The number of ether oxygens (including phenoxy) is 1. The van der Waals surface area contributed by atoms with Crippen molar-refractivity contribution < 1.29 is 9.53 Å². The summed E-state index contributed by atoms with van der Waals surface area (Å²) in [6.45, 7) is 1.79. The molecule has 0 spiro atoms. The first-order chi connectivity index (χ1) is 20.1. The molecule has 9 nitrogen and oxygen atoms in total. The van der Waals surface area contributed by atoms with E-state index in [9.17, 15) is 4.79 Å². The van der Waals surface area contributed by atoms with Crippen molar-refractivity contribution in [3.05, 3.63) is 66.1 Å². The van der Waals surface area contributed by atoms with Crippen molar-refractivity contribution in [3.8, 4) is 22.4 Å². The van der Waals surface area contributed by atoms with E-state index in [1.807, 2.05) is 41.2 Å². The van der Waals surface area contributed by atoms with E-state index in [1.54, 1.807) is 7.11 Å². The van der Waals surface area contributed by atoms with E-state index < -0.39 is 0 Å². The molecule has 4 fully saturated rings. The van der Waals surface area contributed by atoms with Crippen LogP contribution in [0.15, 0.2) is 54.9 Å². The maximum atomic E-state index is 13.1. The van der Waals surface area contributed by atoms with Crippen molar-refractivity contribution in [3.63, 3.8) is 0 Å². The Morgan fingerprint density at radius 2 is 1.93 bits per heavy atom. The maximum absolute atomic E-state index is 13.1. The highest BCUT2D eigenvalue weighted by atomic mass is 16.5. The van der Waals surface area contributed by atoms with Gasteiger partial charge in [0.15, 0.2) is 5.65 Å². The van der Waals surface area contributed by atoms with Crippen LogP contribution in [0.25, 0.3) is 28.0 Å². The molecule has 4 aromatic rings. The van der Waals surface area contributed by atoms with Crippen LogP contribution in [0.3, 0.4) is 0 Å². The first-order valence-electron chi connectivity index (χ1n) is 14.8. The van der Waals surface area contributed by atoms with Gasteiger partial charge in [0.25, 0.3) is 0 Å². The summed E-state index contributed by atoms with van der Waals surface area (Å²) in [6, 6.07) is 14.5. The number of hydrogen-bond acceptors (Lipinski definition) is 6. The summed E-state index contributed by atoms with van der Waals surface area (Å²) in [5.74, 6) is 1.78. The predicted molar refractivity (Wildman–Crippen MR) is 159 cm³/mol. The molecule has 0 radical (unpaired) electrons. The highest BCUT2D eigenvalue weighted by Gasteiger charge is 2.44. The van der Waals surface area contributed by atoms with E-state index in [0.29, 0.717) is 30.8 Å². The van der Waals surface area contributed by atoms with E-state index in [1.165, 1.54) is 5.56 Å². The molecule has 2 saturated heterocycles. The molecule has 212 valence electrons. The number of nitrogens with two attached hydrogens (primary N) is 1. The predicted octanol–water partition coefficient (Wildman–Crippen LogP) is 5.23. The Morgan fingerprint density at radius 1 is 1.07 bits per heavy atom. The van der Waals surface area contributed by atoms with Crippen LogP contribution in [0.2, 0.25) is 0 Å². The molecule has 5 heterocycles. The van der Waals surface area contributed by atoms with E-state index in [4.69, 9.17) is 25.5 Å². The average Bonchev–Trinajstić information content (AvgIpc) is 3.81. The summed E-state index contributed by atoms with van der Waals surface area (Å²) in [4.78, 5) is 25.3. The van der Waals surface area contributed by atoms with Crippen LogP contribution in [0.4, 0.5) is 10.6 Å². The minimum absolute atomic E-state index is 0.0206. The highest BCUT2D eigenvalue weighted by molar-refractivity contribution is 5.79. The number of nitrogens with one attached hydrogen (secondary N) is 1. The van der Waals surface area contributed by atoms with Crippen molar-refractivity contribution in [2.24, 2.45) is 5.92 Å². The molecule has 2 amide bonds. The Bertz CT molecular complexity index is 1550. The smallest absolute Gasteiger partial charge is 0.317 e. The Balaban J connectivity index is 1.24. The lowest BCUT2D eigenvalue weighted by Gasteiger charge is -2.42. The molecular weight excluding hydrogens is 514 g/mol. The number of piperidine rings is 1. The quantitative estimate of drug-likeness (QED) is 0.304. The molecule has 2 saturated carbocycles. The van der Waals surface area contributed by atoms with Gasteiger partial charge in [0.05, 0.1) is 24.2 Å². The first kappa shape index (κ1) is 26.0. The summed E-state index contributed by atoms with van der Waals surface area (Å²) in [5.41, 5.74) is 13.9. The van der Waals surface area contributed by atoms with Crippen molar-refractivity contribution >= 4 is 17.5 Å². The highest BCUT2D eigenvalue weighted by Crippen LogP contribution is 2.50. The van der Waals surface area contributed by atoms with Gasteiger partial charge < -0.3 is 20.7 Å². The molecule has 41 heavy (non-hydrogen) atoms. The summed E-state index contributed by atoms with van der Waals surface area (Å²) >= 11 is 0. The average molecular weight is 552 g/mol. The SMILES string of the molecule is COCCNC(=O)N1CC2CCCC1CC2c1nc2c(-c3ccc(-c4ccccc4)nc3)cnn2c(N)c1C1CC1. The van der Waals surface area contributed by atoms with Gasteiger partial charge in [-0.15, -0.1) is 0 Å². The third kappa shape index (κ3) is 4.82. The van der Waals surface area contributed by atoms with Crippen LogP contribution < -0.4 is 11.1 Å². The van der Waals surface area contributed by atoms with Crippen molar-refractivity contribution in [2.45, 2.75) is 56.4 Å². The van der Waals surface area contributed by atoms with E-state index in [0.717, 1.165) is 78.8 Å². The van der Waals surface area contributed by atoms with Crippen LogP contribution in [0.1, 0.15) is 61.6 Å². The minimum Gasteiger partial charge on any atom is -0.383 e. The molecule has 3 unspecified atom stereocenters. The number of hydrogen-bond donors (Lipinski definition) is 2. The Labute approximate surface area is 240 Å². The van der Waals surface area contributed by atoms with Crippen LogP contribution in [-0.2, 0) is 4.74 Å². The van der Waals surface area contributed by atoms with Gasteiger partial charge in [0.2, 0.25) is 0 Å². The number of anilines is 1. The second kappa shape index (κ2) is 10.8. The largest absolute Gasteiger partial charge is 0.383 e. The molecule has 1 aromatic carbocycles. The normalized spacial score (nSPS) is 22.2. The maximum Gasteiger partial charge on any atom is 0.317 e. The first-order valence-corrected chi connectivity index (χ1v) is 14.8. The van der Waals surface area contributed by atoms with E-state index in [-0.39, 0.29) is 18.0 Å². The summed E-state index contributed by atoms with van der Waals surface area (Å²) in [5, 5.41) is 7.74. The van der Waals surface area contributed by atoms with Gasteiger partial charge in [0.1, 0.15) is 5.82 Å². The molecule has 4 aliphatic rings. The molecule has 9 heteroatoms. The number of methoxy groups -OCH3 is 1. The van der Waals surface area contributed by atoms with Gasteiger partial charge in [-0.25, -0.2) is 9.78 Å². The second-order valence-corrected chi connectivity index (χ2v) is 11.7. The van der Waals surface area contributed by atoms with E-state index >= 15 is 0 Å². The molecular formula is C32H37N7O2. The van der Waals surface area contributed by atoms with Crippen LogP contribution in [0, 0.1) is 5.92 Å². The van der Waals surface area contributed by atoms with Gasteiger partial charge in [-0.3, -0.25) is 4.98 Å². The Hall–Kier alpha value is -3.98. The minimum atomic E-state index is 0.0206. The third-order valence-corrected chi connectivity index (χ3v) is 9.15. The van der Waals surface area contributed by atoms with Crippen LogP contribution >= 0.6 is 0 Å². The number of benzene rings is 1. The van der Waals surface area contributed by atoms with Gasteiger partial charge in [-0.1, -0.05) is 42.8 Å². The molecule has 8 rings (SSSR count). The number of rotatable bonds is 7. The number of aromatic nitrogens is 4. The van der Waals surface area contributed by atoms with Crippen molar-refractivity contribution in [1.82, 2.24) is 29.8 Å². The lowest BCUT2D eigenvalue weighted by Crippen LogP contribution is -2.52. The number of urea groups is 1. The zero-order chi connectivity index (χ0) is 27.9. The second-order valence-electron chi connectivity index (χ2n) is 11.7. The van der Waals surface area contributed by atoms with E-state index in [2.05, 4.69) is 28.4 Å². The van der Waals surface area contributed by atoms with Crippen molar-refractivity contribution in [1.29, 1.82) is 0 Å². The molecule has 2 aliphatic heterocycles. The fourth-order valence-corrected chi connectivity index (χ4v) is 6.92. The van der Waals surface area contributed by atoms with Gasteiger partial charge in [-0.2, -0.15) is 9.61 Å². The van der Waals surface area contributed by atoms with Crippen LogP contribution in [-0.4, -0.2) is 63.4 Å². The fraction of sp³-hybridized carbons (Fsp3) is 0.438. The number of carbonyl (C=O) groups is 1. The zero-order valence-corrected chi connectivity index (χ0v) is 23.5. The molecule has 3 atom stereocenters. The van der Waals surface area contributed by atoms with Crippen LogP contribution in [0.5, 0.6) is 0 Å². The monoisotopic (exact) mass is 551 g/mol. The lowest BCUT2D eigenvalue weighted by molar-refractivity contribution is 0.119.